The minimum atomic E-state index is -1.13. The number of aliphatic carboxylic acids is 1. The second kappa shape index (κ2) is 17.2. The molecular weight excluding hydrogens is 799 g/mol. The van der Waals surface area contributed by atoms with E-state index in [9.17, 15) is 14.3 Å². The van der Waals surface area contributed by atoms with Crippen molar-refractivity contribution in [3.05, 3.63) is 126 Å². The first-order chi connectivity index (χ1) is 29.7. The van der Waals surface area contributed by atoms with E-state index >= 15 is 0 Å². The van der Waals surface area contributed by atoms with E-state index in [1.165, 1.54) is 18.5 Å². The molecule has 4 heterocycles. The minimum Gasteiger partial charge on any atom is -0.496 e. The Labute approximate surface area is 355 Å². The van der Waals surface area contributed by atoms with Crippen LogP contribution in [-0.4, -0.2) is 105 Å². The second-order valence-corrected chi connectivity index (χ2v) is 15.4. The Morgan fingerprint density at radius 3 is 2.49 bits per heavy atom. The molecule has 2 N–H and O–H groups in total. The van der Waals surface area contributed by atoms with Crippen molar-refractivity contribution >= 4 is 61.2 Å². The number of carboxylic acid groups (broad SMARTS) is 1. The van der Waals surface area contributed by atoms with Gasteiger partial charge in [-0.1, -0.05) is 48.0 Å². The van der Waals surface area contributed by atoms with E-state index in [2.05, 4.69) is 37.2 Å². The van der Waals surface area contributed by atoms with Crippen molar-refractivity contribution in [2.45, 2.75) is 19.1 Å². The van der Waals surface area contributed by atoms with E-state index in [1.807, 2.05) is 60.8 Å². The van der Waals surface area contributed by atoms with E-state index in [0.717, 1.165) is 54.4 Å². The van der Waals surface area contributed by atoms with Crippen molar-refractivity contribution in [3.8, 4) is 28.6 Å². The number of ether oxygens (including phenoxy) is 3. The van der Waals surface area contributed by atoms with Crippen LogP contribution in [-0.2, 0) is 17.8 Å². The summed E-state index contributed by atoms with van der Waals surface area (Å²) >= 11 is 7.19. The Hall–Kier alpha value is -6.61. The molecule has 13 nitrogen and oxygen atoms in total. The largest absolute Gasteiger partial charge is 0.496 e. The predicted octanol–water partition coefficient (Wildman–Crippen LogP) is 7.76. The molecule has 3 aromatic heterocycles. The topological polar surface area (TPSA) is 139 Å². The summed E-state index contributed by atoms with van der Waals surface area (Å²) in [6, 6.07) is 23.8. The molecule has 15 heteroatoms. The summed E-state index contributed by atoms with van der Waals surface area (Å²) in [5.41, 5.74) is 2.59. The summed E-state index contributed by atoms with van der Waals surface area (Å²) in [6.45, 7) is 5.25. The average molecular weight is 841 g/mol. The van der Waals surface area contributed by atoms with Gasteiger partial charge in [0.05, 0.1) is 23.4 Å². The number of hydrogen-bond acceptors (Lipinski definition) is 11. The van der Waals surface area contributed by atoms with Gasteiger partial charge in [-0.15, -0.1) is 0 Å². The van der Waals surface area contributed by atoms with Crippen LogP contribution in [0.1, 0.15) is 11.3 Å². The second-order valence-electron chi connectivity index (χ2n) is 15.0. The van der Waals surface area contributed by atoms with Gasteiger partial charge in [-0.3, -0.25) is 4.90 Å². The first kappa shape index (κ1) is 39.8. The van der Waals surface area contributed by atoms with Gasteiger partial charge in [-0.05, 0) is 77.3 Å². The third-order valence-electron chi connectivity index (χ3n) is 11.2. The Morgan fingerprint density at radius 2 is 1.67 bits per heavy atom. The molecule has 0 bridgehead atoms. The lowest BCUT2D eigenvalue weighted by atomic mass is 9.95. The number of para-hydroxylation sites is 2. The van der Waals surface area contributed by atoms with Crippen molar-refractivity contribution < 1.29 is 28.5 Å². The third kappa shape index (κ3) is 8.04. The standard InChI is InChI=1S/C46H42ClFN8O5/c1-54-17-19-55(20-18-54)21-22-60-39-14-13-33-40(42(39)47)34-24-29(48)11-12-31(34)35-25-56-43(41(33)35)45(50-27-51-56)53-36(46(57)58)23-28-7-3-5-9-37(28)61-26-30-15-16-49-44(52-30)32-8-4-6-10-38(32)59-2/h3-16,24-25,27,36H,17-23,26H2,1-2H3,(H,57,58)(H,50,51,53)/t36-/m0/s1. The maximum atomic E-state index is 15.0. The van der Waals surface area contributed by atoms with Crippen molar-refractivity contribution in [2.75, 3.05) is 58.8 Å². The third-order valence-corrected chi connectivity index (χ3v) is 11.6. The van der Waals surface area contributed by atoms with E-state index in [1.54, 1.807) is 36.0 Å². The molecule has 0 unspecified atom stereocenters. The van der Waals surface area contributed by atoms with Crippen LogP contribution in [0.2, 0.25) is 5.02 Å². The summed E-state index contributed by atoms with van der Waals surface area (Å²) in [6.07, 6.45) is 4.94. The van der Waals surface area contributed by atoms with Gasteiger partial charge in [0.1, 0.15) is 54.2 Å². The molecule has 1 aliphatic rings. The lowest BCUT2D eigenvalue weighted by molar-refractivity contribution is -0.137. The molecule has 8 aromatic rings. The molecule has 1 saturated heterocycles. The molecule has 0 amide bonds. The number of carboxylic acids is 1. The first-order valence-corrected chi connectivity index (χ1v) is 20.3. The van der Waals surface area contributed by atoms with E-state index in [0.29, 0.717) is 73.5 Å². The van der Waals surface area contributed by atoms with Crippen molar-refractivity contribution in [3.63, 3.8) is 0 Å². The van der Waals surface area contributed by atoms with Crippen LogP contribution in [0.15, 0.2) is 104 Å². The van der Waals surface area contributed by atoms with Crippen LogP contribution in [0.25, 0.3) is 49.2 Å². The van der Waals surface area contributed by atoms with Crippen LogP contribution in [0.3, 0.4) is 0 Å². The highest BCUT2D eigenvalue weighted by Crippen LogP contribution is 2.45. The number of carbonyl (C=O) groups is 1. The first-order valence-electron chi connectivity index (χ1n) is 19.9. The van der Waals surface area contributed by atoms with Crippen molar-refractivity contribution in [2.24, 2.45) is 0 Å². The van der Waals surface area contributed by atoms with Gasteiger partial charge in [-0.2, -0.15) is 5.10 Å². The predicted molar refractivity (Wildman–Crippen MR) is 233 cm³/mol. The average Bonchev–Trinajstić information content (AvgIpc) is 3.68. The van der Waals surface area contributed by atoms with Crippen LogP contribution >= 0.6 is 11.6 Å². The lowest BCUT2D eigenvalue weighted by Gasteiger charge is -2.32. The summed E-state index contributed by atoms with van der Waals surface area (Å²) in [5, 5.41) is 22.9. The van der Waals surface area contributed by atoms with E-state index in [-0.39, 0.29) is 13.0 Å². The van der Waals surface area contributed by atoms with Crippen molar-refractivity contribution in [1.29, 1.82) is 0 Å². The number of benzene rings is 5. The fourth-order valence-corrected chi connectivity index (χ4v) is 8.36. The number of methoxy groups -OCH3 is 1. The van der Waals surface area contributed by atoms with Crippen molar-refractivity contribution in [1.82, 2.24) is 34.4 Å². The van der Waals surface area contributed by atoms with Crippen LogP contribution in [0.5, 0.6) is 17.2 Å². The summed E-state index contributed by atoms with van der Waals surface area (Å²) in [7, 11) is 3.72. The molecule has 9 rings (SSSR count). The molecule has 1 aliphatic heterocycles. The molecule has 0 saturated carbocycles. The summed E-state index contributed by atoms with van der Waals surface area (Å²) < 4.78 is 34.7. The van der Waals surface area contributed by atoms with Gasteiger partial charge in [0, 0.05) is 67.7 Å². The van der Waals surface area contributed by atoms with E-state index < -0.39 is 17.8 Å². The van der Waals surface area contributed by atoms with Gasteiger partial charge >= 0.3 is 5.97 Å². The maximum Gasteiger partial charge on any atom is 0.326 e. The van der Waals surface area contributed by atoms with Gasteiger partial charge in [0.15, 0.2) is 11.6 Å². The monoisotopic (exact) mass is 840 g/mol. The lowest BCUT2D eigenvalue weighted by Crippen LogP contribution is -2.45. The highest BCUT2D eigenvalue weighted by molar-refractivity contribution is 6.43. The Bertz CT molecular complexity index is 2920. The number of rotatable bonds is 14. The fraction of sp³-hybridized carbons (Fsp3) is 0.239. The van der Waals surface area contributed by atoms with Crippen LogP contribution < -0.4 is 19.5 Å². The molecule has 310 valence electrons. The number of fused-ring (bicyclic) bond motifs is 8. The van der Waals surface area contributed by atoms with Gasteiger partial charge in [0.25, 0.3) is 0 Å². The number of aromatic nitrogens is 5. The zero-order valence-electron chi connectivity index (χ0n) is 33.5. The van der Waals surface area contributed by atoms with Gasteiger partial charge in [-0.25, -0.2) is 28.7 Å². The zero-order chi connectivity index (χ0) is 42.0. The quantitative estimate of drug-likeness (QED) is 0.104. The normalized spacial score (nSPS) is 14.2. The summed E-state index contributed by atoms with van der Waals surface area (Å²) in [5.74, 6) is 0.958. The maximum absolute atomic E-state index is 15.0. The highest BCUT2D eigenvalue weighted by atomic mass is 35.5. The number of likely N-dealkylation sites (N-methyl/N-ethyl adjacent to an activating group) is 1. The molecule has 1 fully saturated rings. The van der Waals surface area contributed by atoms with Crippen LogP contribution in [0, 0.1) is 5.82 Å². The molecule has 1 atom stereocenters. The SMILES string of the molecule is COc1ccccc1-c1nccc(COc2ccccc2C[C@H](Nc2ncnn3cc4c5ccc(F)cc5c5c(Cl)c(OCCN6CCN(C)CC6)ccc5c4c23)C(=O)O)n1. The molecule has 0 aliphatic carbocycles. The molecule has 61 heavy (non-hydrogen) atoms. The van der Waals surface area contributed by atoms with Gasteiger partial charge in [0.2, 0.25) is 0 Å². The van der Waals surface area contributed by atoms with E-state index in [4.69, 9.17) is 30.8 Å². The number of anilines is 1. The highest BCUT2D eigenvalue weighted by Gasteiger charge is 2.25. The molecule has 5 aromatic carbocycles. The Balaban J connectivity index is 1.03. The smallest absolute Gasteiger partial charge is 0.326 e. The Kier molecular flexibility index (Phi) is 11.2. The summed E-state index contributed by atoms with van der Waals surface area (Å²) in [4.78, 5) is 31.4. The number of nitrogens with one attached hydrogen (secondary N) is 1. The minimum absolute atomic E-state index is 0.0557. The zero-order valence-corrected chi connectivity index (χ0v) is 34.3. The number of hydrogen-bond donors (Lipinski definition) is 2. The van der Waals surface area contributed by atoms with Gasteiger partial charge < -0.3 is 29.5 Å². The number of halogens is 2. The molecule has 0 radical (unpaired) electrons. The number of piperazine rings is 1. The fourth-order valence-electron chi connectivity index (χ4n) is 8.03. The molecular formula is C46H42ClFN8O5. The molecule has 0 spiro atoms. The number of nitrogens with zero attached hydrogens (tertiary/aromatic N) is 7. The van der Waals surface area contributed by atoms with Crippen LogP contribution in [0.4, 0.5) is 10.2 Å². The Morgan fingerprint density at radius 1 is 0.885 bits per heavy atom.